The van der Waals surface area contributed by atoms with Gasteiger partial charge in [0.25, 0.3) is 0 Å². The maximum Gasteiger partial charge on any atom is 0.170 e. The van der Waals surface area contributed by atoms with Gasteiger partial charge in [0.2, 0.25) is 0 Å². The summed E-state index contributed by atoms with van der Waals surface area (Å²) >= 11 is 7.15. The number of hydrogen-bond acceptors (Lipinski definition) is 5. The molecule has 0 aliphatic carbocycles. The lowest BCUT2D eigenvalue weighted by atomic mass is 10.3. The fourth-order valence-corrected chi connectivity index (χ4v) is 3.11. The Morgan fingerprint density at radius 2 is 2.04 bits per heavy atom. The van der Waals surface area contributed by atoms with Gasteiger partial charge in [0, 0.05) is 18.3 Å². The summed E-state index contributed by atoms with van der Waals surface area (Å²) in [4.78, 5) is 0. The molecule has 0 spiro atoms. The van der Waals surface area contributed by atoms with Crippen LogP contribution >= 0.6 is 24.0 Å². The molecular weight excluding hydrogens is 344 g/mol. The van der Waals surface area contributed by atoms with E-state index in [1.807, 2.05) is 42.1 Å². The zero-order valence-corrected chi connectivity index (χ0v) is 15.5. The minimum absolute atomic E-state index is 0.596. The first-order valence-electron chi connectivity index (χ1n) is 7.60. The second-order valence-electron chi connectivity index (χ2n) is 4.94. The number of anilines is 1. The predicted molar refractivity (Wildman–Crippen MR) is 103 cm³/mol. The van der Waals surface area contributed by atoms with Crippen molar-refractivity contribution in [2.45, 2.75) is 12.2 Å². The third-order valence-corrected chi connectivity index (χ3v) is 4.53. The van der Waals surface area contributed by atoms with Crippen LogP contribution in [0.4, 0.5) is 5.69 Å². The largest absolute Gasteiger partial charge is 0.493 e. The molecule has 0 fully saturated rings. The molecule has 0 unspecified atom stereocenters. The third-order valence-electron chi connectivity index (χ3n) is 3.22. The molecule has 130 valence electrons. The van der Waals surface area contributed by atoms with Gasteiger partial charge in [-0.25, -0.2) is 0 Å². The molecule has 1 aromatic carbocycles. The van der Waals surface area contributed by atoms with Crippen LogP contribution in [0.2, 0.25) is 0 Å². The van der Waals surface area contributed by atoms with Crippen LogP contribution in [0.15, 0.2) is 41.0 Å². The molecule has 0 radical (unpaired) electrons. The van der Waals surface area contributed by atoms with Gasteiger partial charge in [0.15, 0.2) is 16.6 Å². The van der Waals surface area contributed by atoms with Crippen molar-refractivity contribution in [3.8, 4) is 11.5 Å². The van der Waals surface area contributed by atoms with Gasteiger partial charge < -0.3 is 24.5 Å². The van der Waals surface area contributed by atoms with Gasteiger partial charge in [-0.2, -0.15) is 11.8 Å². The molecule has 0 aliphatic rings. The van der Waals surface area contributed by atoms with E-state index in [0.29, 0.717) is 16.6 Å². The van der Waals surface area contributed by atoms with Crippen molar-refractivity contribution in [1.29, 1.82) is 0 Å². The predicted octanol–water partition coefficient (Wildman–Crippen LogP) is 3.91. The summed E-state index contributed by atoms with van der Waals surface area (Å²) in [5.41, 5.74) is 0.859. The van der Waals surface area contributed by atoms with Crippen molar-refractivity contribution >= 4 is 34.8 Å². The Hall–Kier alpha value is -1.86. The van der Waals surface area contributed by atoms with Crippen LogP contribution in [0.25, 0.3) is 0 Å². The smallest absolute Gasteiger partial charge is 0.170 e. The maximum absolute atomic E-state index is 5.30. The number of thiocarbonyl (C=S) groups is 1. The monoisotopic (exact) mass is 366 g/mol. The van der Waals surface area contributed by atoms with E-state index in [2.05, 4.69) is 10.6 Å². The zero-order valence-electron chi connectivity index (χ0n) is 13.8. The highest BCUT2D eigenvalue weighted by atomic mass is 32.2. The van der Waals surface area contributed by atoms with E-state index in [0.717, 1.165) is 35.9 Å². The van der Waals surface area contributed by atoms with Gasteiger partial charge in [-0.1, -0.05) is 0 Å². The Kier molecular flexibility index (Phi) is 7.77. The lowest BCUT2D eigenvalue weighted by Crippen LogP contribution is -2.29. The molecule has 2 rings (SSSR count). The lowest BCUT2D eigenvalue weighted by Gasteiger charge is -2.13. The molecule has 0 amide bonds. The Bertz CT molecular complexity index is 633. The van der Waals surface area contributed by atoms with Gasteiger partial charge in [-0.3, -0.25) is 0 Å². The first-order valence-corrected chi connectivity index (χ1v) is 9.16. The fraction of sp³-hybridized carbons (Fsp3) is 0.353. The molecule has 2 N–H and O–H groups in total. The summed E-state index contributed by atoms with van der Waals surface area (Å²) in [7, 11) is 3.22. The summed E-state index contributed by atoms with van der Waals surface area (Å²) in [5, 5.41) is 6.94. The molecule has 0 bridgehead atoms. The van der Waals surface area contributed by atoms with Crippen LogP contribution in [0.1, 0.15) is 12.2 Å². The van der Waals surface area contributed by atoms with Crippen molar-refractivity contribution in [2.24, 2.45) is 0 Å². The van der Waals surface area contributed by atoms with E-state index in [1.165, 1.54) is 0 Å². The first-order chi connectivity index (χ1) is 11.7. The van der Waals surface area contributed by atoms with Crippen molar-refractivity contribution in [1.82, 2.24) is 5.32 Å². The van der Waals surface area contributed by atoms with E-state index in [9.17, 15) is 0 Å². The van der Waals surface area contributed by atoms with Crippen LogP contribution in [0.5, 0.6) is 11.5 Å². The number of methoxy groups -OCH3 is 2. The molecule has 0 atom stereocenters. The highest BCUT2D eigenvalue weighted by Gasteiger charge is 2.05. The van der Waals surface area contributed by atoms with Crippen LogP contribution in [-0.2, 0) is 5.75 Å². The molecule has 1 aromatic heterocycles. The number of nitrogens with one attached hydrogen (secondary N) is 2. The van der Waals surface area contributed by atoms with Crippen LogP contribution in [0, 0.1) is 0 Å². The van der Waals surface area contributed by atoms with Gasteiger partial charge in [0.1, 0.15) is 5.76 Å². The Balaban J connectivity index is 1.64. The first kappa shape index (κ1) is 18.5. The second-order valence-corrected chi connectivity index (χ2v) is 6.45. The van der Waals surface area contributed by atoms with Crippen molar-refractivity contribution in [3.63, 3.8) is 0 Å². The van der Waals surface area contributed by atoms with E-state index in [-0.39, 0.29) is 0 Å². The van der Waals surface area contributed by atoms with E-state index in [4.69, 9.17) is 26.1 Å². The van der Waals surface area contributed by atoms with Gasteiger partial charge in [0.05, 0.1) is 26.2 Å². The van der Waals surface area contributed by atoms with E-state index in [1.54, 1.807) is 20.5 Å². The summed E-state index contributed by atoms with van der Waals surface area (Å²) in [6, 6.07) is 9.50. The standard InChI is InChI=1S/C17H22N2O3S2/c1-20-15-7-6-13(11-16(15)21-2)19-17(23)18-8-4-10-24-12-14-5-3-9-22-14/h3,5-7,9,11H,4,8,10,12H2,1-2H3,(H2,18,19,23). The summed E-state index contributed by atoms with van der Waals surface area (Å²) in [5.74, 6) is 4.32. The fourth-order valence-electron chi connectivity index (χ4n) is 2.03. The van der Waals surface area contributed by atoms with Gasteiger partial charge in [-0.05, 0) is 48.7 Å². The number of ether oxygens (including phenoxy) is 2. The van der Waals surface area contributed by atoms with Gasteiger partial charge >= 0.3 is 0 Å². The molecule has 0 saturated carbocycles. The molecule has 7 heteroatoms. The lowest BCUT2D eigenvalue weighted by molar-refractivity contribution is 0.355. The van der Waals surface area contributed by atoms with Gasteiger partial charge in [-0.15, -0.1) is 0 Å². The molecular formula is C17H22N2O3S2. The zero-order chi connectivity index (χ0) is 17.2. The third kappa shape index (κ3) is 5.98. The number of rotatable bonds is 9. The summed E-state index contributed by atoms with van der Waals surface area (Å²) in [6.07, 6.45) is 2.73. The Labute approximate surface area is 152 Å². The van der Waals surface area contributed by atoms with Crippen LogP contribution in [0.3, 0.4) is 0 Å². The average Bonchev–Trinajstić information content (AvgIpc) is 3.11. The minimum Gasteiger partial charge on any atom is -0.493 e. The molecule has 2 aromatic rings. The number of hydrogen-bond donors (Lipinski definition) is 2. The summed E-state index contributed by atoms with van der Waals surface area (Å²) < 4.78 is 15.8. The van der Waals surface area contributed by atoms with E-state index < -0.39 is 0 Å². The molecule has 5 nitrogen and oxygen atoms in total. The quantitative estimate of drug-likeness (QED) is 0.515. The SMILES string of the molecule is COc1ccc(NC(=S)NCCCSCc2ccco2)cc1OC. The molecule has 0 saturated heterocycles. The maximum atomic E-state index is 5.30. The van der Waals surface area contributed by atoms with E-state index >= 15 is 0 Å². The van der Waals surface area contributed by atoms with Crippen LogP contribution in [-0.4, -0.2) is 31.6 Å². The minimum atomic E-state index is 0.596. The highest BCUT2D eigenvalue weighted by Crippen LogP contribution is 2.29. The van der Waals surface area contributed by atoms with Crippen molar-refractivity contribution in [2.75, 3.05) is 31.8 Å². The number of thioether (sulfide) groups is 1. The van der Waals surface area contributed by atoms with Crippen LogP contribution < -0.4 is 20.1 Å². The van der Waals surface area contributed by atoms with Crippen molar-refractivity contribution < 1.29 is 13.9 Å². The topological polar surface area (TPSA) is 55.7 Å². The number of furan rings is 1. The second kappa shape index (κ2) is 10.1. The number of benzene rings is 1. The Morgan fingerprint density at radius 3 is 2.75 bits per heavy atom. The molecule has 0 aliphatic heterocycles. The van der Waals surface area contributed by atoms with Crippen molar-refractivity contribution in [3.05, 3.63) is 42.4 Å². The Morgan fingerprint density at radius 1 is 1.21 bits per heavy atom. The molecule has 1 heterocycles. The molecule has 24 heavy (non-hydrogen) atoms. The average molecular weight is 367 g/mol. The normalized spacial score (nSPS) is 10.2. The summed E-state index contributed by atoms with van der Waals surface area (Å²) in [6.45, 7) is 0.824. The highest BCUT2D eigenvalue weighted by molar-refractivity contribution is 7.98.